The van der Waals surface area contributed by atoms with Crippen LogP contribution >= 0.6 is 23.5 Å². The van der Waals surface area contributed by atoms with E-state index in [1.165, 1.54) is 5.75 Å². The molecule has 1 radical (unpaired) electrons. The lowest BCUT2D eigenvalue weighted by molar-refractivity contribution is -0.119. The zero-order valence-corrected chi connectivity index (χ0v) is 10.2. The number of amides is 3. The van der Waals surface area contributed by atoms with Crippen LogP contribution in [0.2, 0.25) is 0 Å². The van der Waals surface area contributed by atoms with Crippen molar-refractivity contribution in [3.8, 4) is 0 Å². The summed E-state index contributed by atoms with van der Waals surface area (Å²) in [6, 6.07) is 0. The fourth-order valence-corrected chi connectivity index (χ4v) is 2.92. The van der Waals surface area contributed by atoms with Gasteiger partial charge in [-0.1, -0.05) is 11.8 Å². The highest BCUT2D eigenvalue weighted by atomic mass is 32.2. The summed E-state index contributed by atoms with van der Waals surface area (Å²) in [7, 11) is 0. The SMILES string of the molecule is O=C1[CH]SC(C2SC(=O)NCNC2=O)=NCN1. The second kappa shape index (κ2) is 5.41. The van der Waals surface area contributed by atoms with E-state index in [9.17, 15) is 14.4 Å². The van der Waals surface area contributed by atoms with Crippen LogP contribution in [0.15, 0.2) is 4.99 Å². The fraction of sp³-hybridized carbons (Fsp3) is 0.375. The normalized spacial score (nSPS) is 26.0. The van der Waals surface area contributed by atoms with Crippen LogP contribution in [0.25, 0.3) is 0 Å². The second-order valence-corrected chi connectivity index (χ2v) is 5.08. The van der Waals surface area contributed by atoms with E-state index in [-0.39, 0.29) is 30.4 Å². The summed E-state index contributed by atoms with van der Waals surface area (Å²) in [4.78, 5) is 38.2. The Morgan fingerprint density at radius 1 is 1.24 bits per heavy atom. The monoisotopic (exact) mass is 273 g/mol. The molecule has 2 heterocycles. The first-order chi connectivity index (χ1) is 8.16. The number of rotatable bonds is 1. The molecule has 0 bridgehead atoms. The Kier molecular flexibility index (Phi) is 3.89. The molecule has 0 aromatic heterocycles. The van der Waals surface area contributed by atoms with Gasteiger partial charge in [0.1, 0.15) is 17.7 Å². The third kappa shape index (κ3) is 3.13. The van der Waals surface area contributed by atoms with Gasteiger partial charge in [0, 0.05) is 0 Å². The predicted molar refractivity (Wildman–Crippen MR) is 65.3 cm³/mol. The first-order valence-electron chi connectivity index (χ1n) is 4.71. The quantitative estimate of drug-likeness (QED) is 0.584. The molecule has 0 spiro atoms. The highest BCUT2D eigenvalue weighted by Crippen LogP contribution is 2.24. The maximum Gasteiger partial charge on any atom is 0.281 e. The number of hydrogen-bond donors (Lipinski definition) is 3. The van der Waals surface area contributed by atoms with E-state index in [0.29, 0.717) is 5.04 Å². The average molecular weight is 273 g/mol. The topological polar surface area (TPSA) is 99.7 Å². The molecule has 1 saturated heterocycles. The van der Waals surface area contributed by atoms with Gasteiger partial charge in [0.05, 0.1) is 11.7 Å². The number of nitrogens with one attached hydrogen (secondary N) is 3. The van der Waals surface area contributed by atoms with Gasteiger partial charge in [0.25, 0.3) is 5.24 Å². The molecule has 0 aliphatic carbocycles. The summed E-state index contributed by atoms with van der Waals surface area (Å²) in [6.45, 7) is 0.226. The molecule has 1 atom stereocenters. The van der Waals surface area contributed by atoms with E-state index in [2.05, 4.69) is 20.9 Å². The first-order valence-corrected chi connectivity index (χ1v) is 6.47. The van der Waals surface area contributed by atoms with E-state index < -0.39 is 5.25 Å². The van der Waals surface area contributed by atoms with Crippen LogP contribution in [0.3, 0.4) is 0 Å². The van der Waals surface area contributed by atoms with Crippen LogP contribution < -0.4 is 16.0 Å². The van der Waals surface area contributed by atoms with Crippen molar-refractivity contribution in [1.29, 1.82) is 0 Å². The molecule has 1 fully saturated rings. The van der Waals surface area contributed by atoms with Crippen molar-refractivity contribution in [2.75, 3.05) is 13.3 Å². The molecule has 1 unspecified atom stereocenters. The number of carbonyl (C=O) groups excluding carboxylic acids is 3. The minimum atomic E-state index is -0.702. The van der Waals surface area contributed by atoms with Gasteiger partial charge in [-0.3, -0.25) is 19.4 Å². The van der Waals surface area contributed by atoms with Crippen LogP contribution in [-0.4, -0.2) is 40.7 Å². The van der Waals surface area contributed by atoms with Crippen molar-refractivity contribution in [2.45, 2.75) is 5.25 Å². The van der Waals surface area contributed by atoms with Crippen molar-refractivity contribution in [1.82, 2.24) is 16.0 Å². The van der Waals surface area contributed by atoms with Gasteiger partial charge in [0.2, 0.25) is 11.8 Å². The molecule has 91 valence electrons. The van der Waals surface area contributed by atoms with Crippen LogP contribution in [0.4, 0.5) is 4.79 Å². The standard InChI is InChI=1S/C8H9N4O3S2/c13-4-1-16-7(11-2-9-4)5-6(14)10-3-12-8(15)17-5/h1,5H,2-3H2,(H,9,13)(H,10,14)(H,12,15). The minimum Gasteiger partial charge on any atom is -0.337 e. The largest absolute Gasteiger partial charge is 0.337 e. The Morgan fingerprint density at radius 3 is 2.88 bits per heavy atom. The van der Waals surface area contributed by atoms with Crippen molar-refractivity contribution in [3.05, 3.63) is 5.75 Å². The zero-order valence-electron chi connectivity index (χ0n) is 8.56. The van der Waals surface area contributed by atoms with Crippen molar-refractivity contribution in [3.63, 3.8) is 0 Å². The van der Waals surface area contributed by atoms with Gasteiger partial charge in [-0.2, -0.15) is 0 Å². The molecule has 7 nitrogen and oxygen atoms in total. The van der Waals surface area contributed by atoms with E-state index in [1.807, 2.05) is 0 Å². The smallest absolute Gasteiger partial charge is 0.281 e. The third-order valence-electron chi connectivity index (χ3n) is 1.96. The molecular formula is C8H9N4O3S2. The van der Waals surface area contributed by atoms with Gasteiger partial charge in [-0.05, 0) is 11.8 Å². The Balaban J connectivity index is 2.13. The zero-order chi connectivity index (χ0) is 12.3. The molecule has 0 aromatic carbocycles. The summed E-state index contributed by atoms with van der Waals surface area (Å²) in [6.07, 6.45) is 0. The highest BCUT2D eigenvalue weighted by molar-refractivity contribution is 8.21. The molecular weight excluding hydrogens is 264 g/mol. The number of carbonyl (C=O) groups is 3. The lowest BCUT2D eigenvalue weighted by atomic mass is 10.4. The van der Waals surface area contributed by atoms with Crippen LogP contribution in [-0.2, 0) is 9.59 Å². The molecule has 3 N–H and O–H groups in total. The van der Waals surface area contributed by atoms with Gasteiger partial charge >= 0.3 is 0 Å². The maximum atomic E-state index is 11.7. The summed E-state index contributed by atoms with van der Waals surface area (Å²) in [5, 5.41) is 7.02. The molecule has 17 heavy (non-hydrogen) atoms. The summed E-state index contributed by atoms with van der Waals surface area (Å²) in [5.74, 6) is 0.794. The molecule has 0 aromatic rings. The Bertz CT molecular complexity index is 398. The molecule has 2 aliphatic heterocycles. The summed E-state index contributed by atoms with van der Waals surface area (Å²) >= 11 is 1.92. The Labute approximate surface area is 106 Å². The fourth-order valence-electron chi connectivity index (χ4n) is 1.19. The Hall–Kier alpha value is -1.22. The average Bonchev–Trinajstić information content (AvgIpc) is 2.58. The Morgan fingerprint density at radius 2 is 2.06 bits per heavy atom. The van der Waals surface area contributed by atoms with E-state index in [4.69, 9.17) is 0 Å². The molecule has 2 aliphatic rings. The van der Waals surface area contributed by atoms with Crippen LogP contribution in [0.1, 0.15) is 0 Å². The minimum absolute atomic E-state index is 0.111. The molecule has 3 amide bonds. The van der Waals surface area contributed by atoms with Crippen LogP contribution in [0.5, 0.6) is 0 Å². The van der Waals surface area contributed by atoms with E-state index in [1.54, 1.807) is 0 Å². The lowest BCUT2D eigenvalue weighted by Crippen LogP contribution is -2.37. The van der Waals surface area contributed by atoms with Gasteiger partial charge in [-0.15, -0.1) is 0 Å². The van der Waals surface area contributed by atoms with Crippen LogP contribution in [0, 0.1) is 5.75 Å². The third-order valence-corrected chi connectivity index (χ3v) is 4.08. The van der Waals surface area contributed by atoms with Gasteiger partial charge in [0.15, 0.2) is 0 Å². The van der Waals surface area contributed by atoms with Gasteiger partial charge in [-0.25, -0.2) is 0 Å². The molecule has 2 rings (SSSR count). The summed E-state index contributed by atoms with van der Waals surface area (Å²) < 4.78 is 0. The number of hydrogen-bond acceptors (Lipinski definition) is 6. The van der Waals surface area contributed by atoms with Gasteiger partial charge < -0.3 is 16.0 Å². The highest BCUT2D eigenvalue weighted by Gasteiger charge is 2.31. The number of aliphatic imine (C=N–C) groups is 1. The first kappa shape index (κ1) is 12.2. The number of thioether (sulfide) groups is 2. The second-order valence-electron chi connectivity index (χ2n) is 3.11. The van der Waals surface area contributed by atoms with Crippen molar-refractivity contribution in [2.24, 2.45) is 4.99 Å². The van der Waals surface area contributed by atoms with Crippen molar-refractivity contribution < 1.29 is 14.4 Å². The predicted octanol–water partition coefficient (Wildman–Crippen LogP) is -0.734. The van der Waals surface area contributed by atoms with E-state index in [0.717, 1.165) is 23.5 Å². The lowest BCUT2D eigenvalue weighted by Gasteiger charge is -2.11. The maximum absolute atomic E-state index is 11.7. The summed E-state index contributed by atoms with van der Waals surface area (Å²) in [5.41, 5.74) is 0. The number of nitrogens with zero attached hydrogens (tertiary/aromatic N) is 1. The molecule has 0 saturated carbocycles. The van der Waals surface area contributed by atoms with E-state index >= 15 is 0 Å². The molecule has 9 heteroatoms. The van der Waals surface area contributed by atoms with Crippen molar-refractivity contribution >= 4 is 45.6 Å².